The molecular formula is C14H17N3O3. The summed E-state index contributed by atoms with van der Waals surface area (Å²) in [6.45, 7) is 0.341. The van der Waals surface area contributed by atoms with Gasteiger partial charge in [0.25, 0.3) is 5.56 Å². The van der Waals surface area contributed by atoms with Gasteiger partial charge in [-0.25, -0.2) is 4.79 Å². The summed E-state index contributed by atoms with van der Waals surface area (Å²) in [7, 11) is 4.69. The third kappa shape index (κ3) is 2.74. The Kier molecular flexibility index (Phi) is 3.93. The molecule has 106 valence electrons. The highest BCUT2D eigenvalue weighted by molar-refractivity contribution is 5.48. The zero-order valence-corrected chi connectivity index (χ0v) is 11.7. The van der Waals surface area contributed by atoms with Crippen molar-refractivity contribution in [3.05, 3.63) is 56.9 Å². The fourth-order valence-electron chi connectivity index (χ4n) is 1.93. The molecule has 0 unspecified atom stereocenters. The molecule has 1 N–H and O–H groups in total. The number of hydrogen-bond acceptors (Lipinski definition) is 4. The number of hydrogen-bond donors (Lipinski definition) is 1. The van der Waals surface area contributed by atoms with E-state index in [-0.39, 0.29) is 11.2 Å². The van der Waals surface area contributed by atoms with Gasteiger partial charge in [-0.1, -0.05) is 6.07 Å². The van der Waals surface area contributed by atoms with Crippen LogP contribution in [0.25, 0.3) is 0 Å². The van der Waals surface area contributed by atoms with Crippen molar-refractivity contribution in [2.75, 3.05) is 12.4 Å². The van der Waals surface area contributed by atoms with Crippen LogP contribution in [0.4, 0.5) is 5.69 Å². The Labute approximate surface area is 116 Å². The van der Waals surface area contributed by atoms with Crippen LogP contribution in [0.1, 0.15) is 5.56 Å². The second-order valence-corrected chi connectivity index (χ2v) is 4.50. The predicted molar refractivity (Wildman–Crippen MR) is 77.2 cm³/mol. The van der Waals surface area contributed by atoms with Crippen LogP contribution in [0, 0.1) is 0 Å². The van der Waals surface area contributed by atoms with Crippen LogP contribution < -0.4 is 21.3 Å². The Bertz CT molecular complexity index is 731. The Morgan fingerprint density at radius 1 is 1.25 bits per heavy atom. The molecule has 0 fully saturated rings. The molecule has 2 aromatic rings. The average Bonchev–Trinajstić information content (AvgIpc) is 2.47. The average molecular weight is 275 g/mol. The number of aryl methyl sites for hydroxylation is 1. The van der Waals surface area contributed by atoms with E-state index in [2.05, 4.69) is 5.32 Å². The van der Waals surface area contributed by atoms with Crippen LogP contribution in [-0.4, -0.2) is 16.2 Å². The molecule has 0 atom stereocenters. The van der Waals surface area contributed by atoms with Gasteiger partial charge in [-0.15, -0.1) is 0 Å². The first-order chi connectivity index (χ1) is 9.52. The molecule has 0 amide bonds. The monoisotopic (exact) mass is 275 g/mol. The van der Waals surface area contributed by atoms with Crippen molar-refractivity contribution >= 4 is 5.69 Å². The van der Waals surface area contributed by atoms with Gasteiger partial charge in [0.05, 0.1) is 12.7 Å². The summed E-state index contributed by atoms with van der Waals surface area (Å²) in [5.41, 5.74) is 0.751. The van der Waals surface area contributed by atoms with Crippen LogP contribution in [0.2, 0.25) is 0 Å². The molecule has 2 rings (SSSR count). The van der Waals surface area contributed by atoms with E-state index in [1.165, 1.54) is 11.6 Å². The van der Waals surface area contributed by atoms with E-state index in [1.54, 1.807) is 20.4 Å². The number of nitrogens with one attached hydrogen (secondary N) is 1. The fraction of sp³-hybridized carbons (Fsp3) is 0.286. The second kappa shape index (κ2) is 5.64. The summed E-state index contributed by atoms with van der Waals surface area (Å²) >= 11 is 0. The summed E-state index contributed by atoms with van der Waals surface area (Å²) in [4.78, 5) is 23.6. The number of aromatic nitrogens is 2. The molecule has 0 bridgehead atoms. The molecule has 0 saturated carbocycles. The van der Waals surface area contributed by atoms with Crippen molar-refractivity contribution in [3.8, 4) is 5.75 Å². The maximum Gasteiger partial charge on any atom is 0.330 e. The number of ether oxygens (including phenoxy) is 1. The first kappa shape index (κ1) is 13.9. The van der Waals surface area contributed by atoms with Crippen molar-refractivity contribution in [1.82, 2.24) is 9.13 Å². The lowest BCUT2D eigenvalue weighted by molar-refractivity contribution is 0.415. The molecule has 6 heteroatoms. The molecule has 0 aliphatic heterocycles. The molecule has 0 aliphatic rings. The van der Waals surface area contributed by atoms with Gasteiger partial charge in [0, 0.05) is 38.6 Å². The molecule has 0 radical (unpaired) electrons. The minimum absolute atomic E-state index is 0.288. The van der Waals surface area contributed by atoms with E-state index in [4.69, 9.17) is 4.74 Å². The van der Waals surface area contributed by atoms with Crippen molar-refractivity contribution in [2.24, 2.45) is 14.1 Å². The highest BCUT2D eigenvalue weighted by atomic mass is 16.5. The van der Waals surface area contributed by atoms with Gasteiger partial charge in [0.15, 0.2) is 0 Å². The third-order valence-electron chi connectivity index (χ3n) is 3.07. The highest BCUT2D eigenvalue weighted by Gasteiger charge is 2.06. The smallest absolute Gasteiger partial charge is 0.330 e. The van der Waals surface area contributed by atoms with Gasteiger partial charge in [0.1, 0.15) is 5.75 Å². The van der Waals surface area contributed by atoms with E-state index in [0.717, 1.165) is 16.0 Å². The summed E-state index contributed by atoms with van der Waals surface area (Å²) in [5.74, 6) is 0.739. The topological polar surface area (TPSA) is 65.3 Å². The first-order valence-corrected chi connectivity index (χ1v) is 6.16. The fourth-order valence-corrected chi connectivity index (χ4v) is 1.93. The zero-order chi connectivity index (χ0) is 14.7. The van der Waals surface area contributed by atoms with E-state index in [1.807, 2.05) is 24.3 Å². The van der Waals surface area contributed by atoms with Gasteiger partial charge in [-0.3, -0.25) is 9.36 Å². The summed E-state index contributed by atoms with van der Waals surface area (Å²) < 4.78 is 7.63. The quantitative estimate of drug-likeness (QED) is 0.892. The molecule has 0 spiro atoms. The van der Waals surface area contributed by atoms with Crippen LogP contribution >= 0.6 is 0 Å². The highest BCUT2D eigenvalue weighted by Crippen LogP contribution is 2.16. The maximum atomic E-state index is 12.0. The first-order valence-electron chi connectivity index (χ1n) is 6.16. The van der Waals surface area contributed by atoms with Crippen LogP contribution in [0.3, 0.4) is 0 Å². The maximum absolute atomic E-state index is 12.0. The Morgan fingerprint density at radius 3 is 2.70 bits per heavy atom. The van der Waals surface area contributed by atoms with Crippen LogP contribution in [-0.2, 0) is 20.6 Å². The SMILES string of the molecule is COc1cccc(NCc2cn(C)c(=O)n(C)c2=O)c1. The molecule has 1 heterocycles. The minimum atomic E-state index is -0.333. The van der Waals surface area contributed by atoms with E-state index in [0.29, 0.717) is 12.1 Å². The number of anilines is 1. The third-order valence-corrected chi connectivity index (χ3v) is 3.07. The van der Waals surface area contributed by atoms with E-state index in [9.17, 15) is 9.59 Å². The summed E-state index contributed by atoms with van der Waals surface area (Å²) in [6.07, 6.45) is 1.55. The summed E-state index contributed by atoms with van der Waals surface area (Å²) in [5, 5.41) is 3.14. The van der Waals surface area contributed by atoms with E-state index >= 15 is 0 Å². The molecule has 6 nitrogen and oxygen atoms in total. The van der Waals surface area contributed by atoms with Crippen molar-refractivity contribution < 1.29 is 4.74 Å². The largest absolute Gasteiger partial charge is 0.497 e. The number of methoxy groups -OCH3 is 1. The van der Waals surface area contributed by atoms with Gasteiger partial charge in [0.2, 0.25) is 0 Å². The second-order valence-electron chi connectivity index (χ2n) is 4.50. The van der Waals surface area contributed by atoms with Crippen LogP contribution in [0.5, 0.6) is 5.75 Å². The zero-order valence-electron chi connectivity index (χ0n) is 11.7. The van der Waals surface area contributed by atoms with Gasteiger partial charge in [-0.2, -0.15) is 0 Å². The minimum Gasteiger partial charge on any atom is -0.497 e. The van der Waals surface area contributed by atoms with Gasteiger partial charge in [-0.05, 0) is 12.1 Å². The number of rotatable bonds is 4. The predicted octanol–water partition coefficient (Wildman–Crippen LogP) is 0.705. The van der Waals surface area contributed by atoms with Crippen molar-refractivity contribution in [1.29, 1.82) is 0 Å². The molecule has 1 aromatic carbocycles. The molecule has 0 aliphatic carbocycles. The lowest BCUT2D eigenvalue weighted by Gasteiger charge is -2.10. The molecule has 0 saturated heterocycles. The Morgan fingerprint density at radius 2 is 2.00 bits per heavy atom. The standard InChI is InChI=1S/C14H17N3O3/c1-16-9-10(13(18)17(2)14(16)19)8-15-11-5-4-6-12(7-11)20-3/h4-7,9,15H,8H2,1-3H3. The van der Waals surface area contributed by atoms with Crippen molar-refractivity contribution in [3.63, 3.8) is 0 Å². The Balaban J connectivity index is 2.23. The van der Waals surface area contributed by atoms with Crippen LogP contribution in [0.15, 0.2) is 40.1 Å². The normalized spacial score (nSPS) is 10.3. The number of nitrogens with zero attached hydrogens (tertiary/aromatic N) is 2. The molecular weight excluding hydrogens is 258 g/mol. The molecule has 1 aromatic heterocycles. The Hall–Kier alpha value is -2.50. The van der Waals surface area contributed by atoms with Gasteiger partial charge >= 0.3 is 5.69 Å². The summed E-state index contributed by atoms with van der Waals surface area (Å²) in [6, 6.07) is 7.43. The van der Waals surface area contributed by atoms with Crippen molar-refractivity contribution in [2.45, 2.75) is 6.54 Å². The number of benzene rings is 1. The van der Waals surface area contributed by atoms with Gasteiger partial charge < -0.3 is 14.6 Å². The van der Waals surface area contributed by atoms with E-state index < -0.39 is 0 Å². The lowest BCUT2D eigenvalue weighted by atomic mass is 10.2. The molecule has 20 heavy (non-hydrogen) atoms. The lowest BCUT2D eigenvalue weighted by Crippen LogP contribution is -2.38.